The van der Waals surface area contributed by atoms with Gasteiger partial charge in [0.25, 0.3) is 0 Å². The molecule has 2 unspecified atom stereocenters. The molecule has 152 valence electrons. The summed E-state index contributed by atoms with van der Waals surface area (Å²) in [5.74, 6) is 0.451. The number of allylic oxidation sites excluding steroid dienone is 2. The molecule has 6 heteroatoms. The third kappa shape index (κ3) is 2.91. The van der Waals surface area contributed by atoms with Crippen LogP contribution < -0.4 is 10.1 Å². The Kier molecular flexibility index (Phi) is 4.42. The Balaban J connectivity index is 1.60. The van der Waals surface area contributed by atoms with Gasteiger partial charge in [0.1, 0.15) is 11.6 Å². The van der Waals surface area contributed by atoms with Crippen LogP contribution in [0, 0.1) is 12.7 Å². The highest BCUT2D eigenvalue weighted by molar-refractivity contribution is 6.01. The maximum atomic E-state index is 14.8. The van der Waals surface area contributed by atoms with Gasteiger partial charge in [-0.25, -0.2) is 4.39 Å². The van der Waals surface area contributed by atoms with Crippen molar-refractivity contribution in [2.24, 2.45) is 0 Å². The number of aromatic nitrogens is 1. The fourth-order valence-electron chi connectivity index (χ4n) is 4.60. The molecular weight excluding hydrogens is 383 g/mol. The minimum atomic E-state index is -0.520. The molecule has 1 N–H and O–H groups in total. The molecule has 30 heavy (non-hydrogen) atoms. The number of carbonyl (C=O) groups is 1. The number of Topliss-reactive ketones (excluding diaryl/α,β-unsaturated/α-hetero) is 1. The SMILES string of the molecule is COc1ccc(C2CC(=O)C3=C(C2)Nc2onc(C)c2C3c2ccccc2F)cc1. The lowest BCUT2D eigenvalue weighted by Gasteiger charge is -2.34. The Hall–Kier alpha value is -3.41. The third-order valence-electron chi connectivity index (χ3n) is 6.06. The van der Waals surface area contributed by atoms with Gasteiger partial charge in [-0.2, -0.15) is 0 Å². The second-order valence-corrected chi connectivity index (χ2v) is 7.78. The monoisotopic (exact) mass is 404 g/mol. The highest BCUT2D eigenvalue weighted by atomic mass is 19.1. The maximum Gasteiger partial charge on any atom is 0.233 e. The summed E-state index contributed by atoms with van der Waals surface area (Å²) in [5.41, 5.74) is 4.32. The molecule has 2 heterocycles. The number of carbonyl (C=O) groups excluding carboxylic acids is 1. The molecule has 0 radical (unpaired) electrons. The Morgan fingerprint density at radius 3 is 2.63 bits per heavy atom. The molecule has 0 saturated heterocycles. The Labute approximate surface area is 173 Å². The quantitative estimate of drug-likeness (QED) is 0.659. The van der Waals surface area contributed by atoms with E-state index in [2.05, 4.69) is 10.5 Å². The van der Waals surface area contributed by atoms with Gasteiger partial charge in [0.15, 0.2) is 5.78 Å². The Morgan fingerprint density at radius 1 is 1.13 bits per heavy atom. The van der Waals surface area contributed by atoms with Crippen molar-refractivity contribution in [2.45, 2.75) is 31.6 Å². The molecule has 2 aliphatic rings. The van der Waals surface area contributed by atoms with E-state index in [1.165, 1.54) is 6.07 Å². The lowest BCUT2D eigenvalue weighted by atomic mass is 9.72. The maximum absolute atomic E-state index is 14.8. The molecule has 2 atom stereocenters. The molecule has 0 spiro atoms. The van der Waals surface area contributed by atoms with Gasteiger partial charge in [0.05, 0.1) is 18.4 Å². The van der Waals surface area contributed by atoms with Crippen LogP contribution in [0.5, 0.6) is 5.75 Å². The first-order chi connectivity index (χ1) is 14.6. The second kappa shape index (κ2) is 7.13. The fraction of sp³-hybridized carbons (Fsp3) is 0.250. The van der Waals surface area contributed by atoms with Gasteiger partial charge in [0.2, 0.25) is 5.88 Å². The zero-order chi connectivity index (χ0) is 20.8. The predicted molar refractivity (Wildman–Crippen MR) is 110 cm³/mol. The average Bonchev–Trinajstić information content (AvgIpc) is 3.13. The standard InChI is InChI=1S/C24H21FN2O3/c1-13-21-22(17-5-3-4-6-18(17)25)23-19(26-24(21)30-27-13)11-15(12-20(23)28)14-7-9-16(29-2)10-8-14/h3-10,15,22,26H,11-12H2,1-2H3. The topological polar surface area (TPSA) is 64.4 Å². The van der Waals surface area contributed by atoms with E-state index in [1.54, 1.807) is 25.3 Å². The van der Waals surface area contributed by atoms with Crippen molar-refractivity contribution in [1.29, 1.82) is 0 Å². The number of benzene rings is 2. The van der Waals surface area contributed by atoms with Crippen molar-refractivity contribution in [3.63, 3.8) is 0 Å². The number of nitrogens with one attached hydrogen (secondary N) is 1. The summed E-state index contributed by atoms with van der Waals surface area (Å²) in [6.45, 7) is 1.82. The highest BCUT2D eigenvalue weighted by Crippen LogP contribution is 2.49. The van der Waals surface area contributed by atoms with Crippen LogP contribution in [0.2, 0.25) is 0 Å². The number of methoxy groups -OCH3 is 1. The number of ether oxygens (including phenoxy) is 1. The zero-order valence-electron chi connectivity index (χ0n) is 16.7. The van der Waals surface area contributed by atoms with E-state index in [1.807, 2.05) is 31.2 Å². The molecule has 1 aromatic heterocycles. The molecule has 0 amide bonds. The van der Waals surface area contributed by atoms with Gasteiger partial charge >= 0.3 is 0 Å². The van der Waals surface area contributed by atoms with Crippen LogP contribution in [0.4, 0.5) is 10.3 Å². The van der Waals surface area contributed by atoms with Crippen molar-refractivity contribution in [1.82, 2.24) is 5.16 Å². The van der Waals surface area contributed by atoms with Crippen LogP contribution >= 0.6 is 0 Å². The van der Waals surface area contributed by atoms with Crippen molar-refractivity contribution in [2.75, 3.05) is 12.4 Å². The molecule has 5 rings (SSSR count). The molecule has 2 aromatic carbocycles. The average molecular weight is 404 g/mol. The van der Waals surface area contributed by atoms with E-state index < -0.39 is 5.92 Å². The van der Waals surface area contributed by atoms with Crippen LogP contribution in [0.25, 0.3) is 0 Å². The number of ketones is 1. The van der Waals surface area contributed by atoms with Gasteiger partial charge in [0, 0.05) is 29.2 Å². The van der Waals surface area contributed by atoms with Crippen LogP contribution in [-0.2, 0) is 4.79 Å². The smallest absolute Gasteiger partial charge is 0.233 e. The molecule has 5 nitrogen and oxygen atoms in total. The Bertz CT molecular complexity index is 1160. The van der Waals surface area contributed by atoms with Crippen LogP contribution in [0.3, 0.4) is 0 Å². The summed E-state index contributed by atoms with van der Waals surface area (Å²) in [4.78, 5) is 13.4. The number of hydrogen-bond donors (Lipinski definition) is 1. The lowest BCUT2D eigenvalue weighted by Crippen LogP contribution is -2.30. The van der Waals surface area contributed by atoms with Gasteiger partial charge in [-0.1, -0.05) is 35.5 Å². The number of rotatable bonds is 3. The highest BCUT2D eigenvalue weighted by Gasteiger charge is 2.41. The third-order valence-corrected chi connectivity index (χ3v) is 6.06. The minimum absolute atomic E-state index is 0.0177. The Morgan fingerprint density at radius 2 is 1.90 bits per heavy atom. The summed E-state index contributed by atoms with van der Waals surface area (Å²) in [6.07, 6.45) is 1.01. The lowest BCUT2D eigenvalue weighted by molar-refractivity contribution is -0.116. The van der Waals surface area contributed by atoms with E-state index in [4.69, 9.17) is 9.26 Å². The fourth-order valence-corrected chi connectivity index (χ4v) is 4.60. The molecule has 1 aliphatic heterocycles. The van der Waals surface area contributed by atoms with Crippen LogP contribution in [-0.4, -0.2) is 18.0 Å². The van der Waals surface area contributed by atoms with Crippen molar-refractivity contribution in [3.05, 3.63) is 88.0 Å². The van der Waals surface area contributed by atoms with E-state index in [0.717, 1.165) is 22.6 Å². The normalized spacial score (nSPS) is 20.4. The van der Waals surface area contributed by atoms with Crippen molar-refractivity contribution in [3.8, 4) is 5.75 Å². The minimum Gasteiger partial charge on any atom is -0.497 e. The summed E-state index contributed by atoms with van der Waals surface area (Å²) in [6, 6.07) is 14.4. The van der Waals surface area contributed by atoms with E-state index >= 15 is 0 Å². The number of fused-ring (bicyclic) bond motifs is 1. The molecule has 0 fully saturated rings. The van der Waals surface area contributed by atoms with E-state index in [-0.39, 0.29) is 17.5 Å². The molecule has 3 aromatic rings. The molecule has 1 aliphatic carbocycles. The van der Waals surface area contributed by atoms with E-state index in [9.17, 15) is 9.18 Å². The van der Waals surface area contributed by atoms with Gasteiger partial charge in [-0.05, 0) is 43.0 Å². The number of nitrogens with zero attached hydrogens (tertiary/aromatic N) is 1. The number of halogens is 1. The second-order valence-electron chi connectivity index (χ2n) is 7.78. The van der Waals surface area contributed by atoms with Crippen LogP contribution in [0.15, 0.2) is 64.3 Å². The molecule has 0 saturated carbocycles. The van der Waals surface area contributed by atoms with Gasteiger partial charge < -0.3 is 14.6 Å². The zero-order valence-corrected chi connectivity index (χ0v) is 16.7. The van der Waals surface area contributed by atoms with Gasteiger partial charge in [-0.15, -0.1) is 0 Å². The van der Waals surface area contributed by atoms with Crippen molar-refractivity contribution < 1.29 is 18.4 Å². The summed E-state index contributed by atoms with van der Waals surface area (Å²) in [5, 5.41) is 7.35. The number of aryl methyl sites for hydroxylation is 1. The summed E-state index contributed by atoms with van der Waals surface area (Å²) >= 11 is 0. The first-order valence-electron chi connectivity index (χ1n) is 9.94. The molecule has 0 bridgehead atoms. The van der Waals surface area contributed by atoms with Crippen molar-refractivity contribution >= 4 is 11.7 Å². The first kappa shape index (κ1) is 18.6. The number of anilines is 1. The predicted octanol–water partition coefficient (Wildman–Crippen LogP) is 5.09. The van der Waals surface area contributed by atoms with E-state index in [0.29, 0.717) is 35.6 Å². The largest absolute Gasteiger partial charge is 0.497 e. The first-order valence-corrected chi connectivity index (χ1v) is 9.94. The van der Waals surface area contributed by atoms with Gasteiger partial charge in [-0.3, -0.25) is 4.79 Å². The summed E-state index contributed by atoms with van der Waals surface area (Å²) in [7, 11) is 1.63. The number of hydrogen-bond acceptors (Lipinski definition) is 5. The van der Waals surface area contributed by atoms with Crippen LogP contribution in [0.1, 0.15) is 47.1 Å². The molecular formula is C24H21FN2O3. The summed E-state index contributed by atoms with van der Waals surface area (Å²) < 4.78 is 25.5.